The third-order valence-electron chi connectivity index (χ3n) is 4.70. The number of piperidine rings is 1. The zero-order valence-electron chi connectivity index (χ0n) is 14.3. The summed E-state index contributed by atoms with van der Waals surface area (Å²) in [6, 6.07) is 10.7. The van der Waals surface area contributed by atoms with Crippen LogP contribution >= 0.6 is 0 Å². The van der Waals surface area contributed by atoms with Gasteiger partial charge in [-0.2, -0.15) is 10.4 Å². The van der Waals surface area contributed by atoms with E-state index in [2.05, 4.69) is 50.7 Å². The van der Waals surface area contributed by atoms with Gasteiger partial charge in [-0.1, -0.05) is 18.2 Å². The fourth-order valence-corrected chi connectivity index (χ4v) is 3.15. The summed E-state index contributed by atoms with van der Waals surface area (Å²) in [6.45, 7) is 6.65. The molecule has 2 aromatic rings. The molecule has 24 heavy (non-hydrogen) atoms. The van der Waals surface area contributed by atoms with Crippen LogP contribution in [0.25, 0.3) is 0 Å². The van der Waals surface area contributed by atoms with Crippen molar-refractivity contribution in [3.63, 3.8) is 0 Å². The van der Waals surface area contributed by atoms with E-state index in [4.69, 9.17) is 0 Å². The average molecular weight is 321 g/mol. The summed E-state index contributed by atoms with van der Waals surface area (Å²) in [7, 11) is 0. The lowest BCUT2D eigenvalue weighted by Gasteiger charge is -2.30. The Morgan fingerprint density at radius 2 is 1.88 bits per heavy atom. The van der Waals surface area contributed by atoms with Gasteiger partial charge in [0.25, 0.3) is 0 Å². The number of nitrogens with one attached hydrogen (secondary N) is 1. The second-order valence-electron chi connectivity index (χ2n) is 6.28. The lowest BCUT2D eigenvalue weighted by molar-refractivity contribution is 0.576. The molecule has 1 saturated heterocycles. The van der Waals surface area contributed by atoms with Crippen molar-refractivity contribution in [2.75, 3.05) is 23.3 Å². The fraction of sp³-hybridized carbons (Fsp3) is 0.421. The number of para-hydroxylation sites is 1. The van der Waals surface area contributed by atoms with Gasteiger partial charge in [0.05, 0.1) is 5.69 Å². The normalized spacial score (nSPS) is 14.3. The van der Waals surface area contributed by atoms with Crippen LogP contribution in [0.5, 0.6) is 0 Å². The van der Waals surface area contributed by atoms with E-state index in [1.54, 1.807) is 0 Å². The molecular formula is C19H23N5. The number of benzene rings is 1. The largest absolute Gasteiger partial charge is 0.371 e. The van der Waals surface area contributed by atoms with Gasteiger partial charge in [0.1, 0.15) is 11.6 Å². The Labute approximate surface area is 143 Å². The van der Waals surface area contributed by atoms with Crippen molar-refractivity contribution in [1.29, 1.82) is 5.26 Å². The maximum Gasteiger partial charge on any atom is 0.167 e. The van der Waals surface area contributed by atoms with Crippen LogP contribution in [-0.2, 0) is 6.54 Å². The van der Waals surface area contributed by atoms with Crippen molar-refractivity contribution in [2.24, 2.45) is 0 Å². The van der Waals surface area contributed by atoms with Crippen molar-refractivity contribution < 1.29 is 0 Å². The lowest BCUT2D eigenvalue weighted by atomic mass is 10.1. The second-order valence-corrected chi connectivity index (χ2v) is 6.28. The Morgan fingerprint density at radius 3 is 2.62 bits per heavy atom. The Bertz CT molecular complexity index is 757. The summed E-state index contributed by atoms with van der Waals surface area (Å²) in [5.74, 6) is 0.564. The first kappa shape index (κ1) is 16.3. The number of nitrogens with zero attached hydrogens (tertiary/aromatic N) is 4. The highest BCUT2D eigenvalue weighted by Crippen LogP contribution is 2.25. The standard InChI is InChI=1S/C19H23N5/c1-14-15(2)22-23-19(17(14)12-20)21-13-16-8-4-5-9-18(16)24-10-6-3-7-11-24/h4-5,8-9H,3,6-7,10-11,13H2,1-2H3,(H,21,23). The van der Waals surface area contributed by atoms with Crippen molar-refractivity contribution in [1.82, 2.24) is 10.2 Å². The molecule has 0 bridgehead atoms. The molecule has 2 heterocycles. The van der Waals surface area contributed by atoms with E-state index in [9.17, 15) is 5.26 Å². The smallest absolute Gasteiger partial charge is 0.167 e. The second kappa shape index (κ2) is 7.31. The Kier molecular flexibility index (Phi) is 4.95. The van der Waals surface area contributed by atoms with Crippen LogP contribution < -0.4 is 10.2 Å². The molecule has 1 aromatic carbocycles. The molecule has 124 valence electrons. The average Bonchev–Trinajstić information content (AvgIpc) is 2.63. The number of aromatic nitrogens is 2. The Morgan fingerprint density at radius 1 is 1.12 bits per heavy atom. The van der Waals surface area contributed by atoms with Crippen LogP contribution in [0.2, 0.25) is 0 Å². The van der Waals surface area contributed by atoms with Crippen LogP contribution in [-0.4, -0.2) is 23.3 Å². The molecule has 1 aliphatic rings. The summed E-state index contributed by atoms with van der Waals surface area (Å²) in [6.07, 6.45) is 3.83. The van der Waals surface area contributed by atoms with Gasteiger partial charge >= 0.3 is 0 Å². The molecule has 1 N–H and O–H groups in total. The molecule has 0 spiro atoms. The molecule has 0 unspecified atom stereocenters. The third-order valence-corrected chi connectivity index (χ3v) is 4.70. The molecule has 1 aromatic heterocycles. The van der Waals surface area contributed by atoms with Gasteiger partial charge in [-0.05, 0) is 50.3 Å². The van der Waals surface area contributed by atoms with E-state index >= 15 is 0 Å². The molecule has 0 aliphatic carbocycles. The number of rotatable bonds is 4. The molecular weight excluding hydrogens is 298 g/mol. The van der Waals surface area contributed by atoms with Crippen molar-refractivity contribution in [3.05, 3.63) is 46.6 Å². The minimum absolute atomic E-state index is 0.564. The Balaban J connectivity index is 1.81. The minimum Gasteiger partial charge on any atom is -0.371 e. The van der Waals surface area contributed by atoms with E-state index in [0.717, 1.165) is 24.3 Å². The number of hydrogen-bond acceptors (Lipinski definition) is 5. The van der Waals surface area contributed by atoms with Crippen LogP contribution in [0.3, 0.4) is 0 Å². The van der Waals surface area contributed by atoms with E-state index in [1.807, 2.05) is 13.8 Å². The summed E-state index contributed by atoms with van der Waals surface area (Å²) < 4.78 is 0. The Hall–Kier alpha value is -2.61. The summed E-state index contributed by atoms with van der Waals surface area (Å²) >= 11 is 0. The maximum absolute atomic E-state index is 9.41. The molecule has 5 heteroatoms. The van der Waals surface area contributed by atoms with Crippen molar-refractivity contribution in [3.8, 4) is 6.07 Å². The fourth-order valence-electron chi connectivity index (χ4n) is 3.15. The number of nitriles is 1. The number of anilines is 2. The van der Waals surface area contributed by atoms with Gasteiger partial charge in [-0.3, -0.25) is 0 Å². The minimum atomic E-state index is 0.564. The van der Waals surface area contributed by atoms with Crippen molar-refractivity contribution >= 4 is 11.5 Å². The zero-order valence-corrected chi connectivity index (χ0v) is 14.3. The van der Waals surface area contributed by atoms with Crippen LogP contribution in [0.1, 0.15) is 41.6 Å². The molecule has 0 saturated carbocycles. The summed E-state index contributed by atoms with van der Waals surface area (Å²) in [5, 5.41) is 21.0. The van der Waals surface area contributed by atoms with Gasteiger partial charge in [-0.25, -0.2) is 0 Å². The topological polar surface area (TPSA) is 64.8 Å². The molecule has 0 radical (unpaired) electrons. The first-order valence-electron chi connectivity index (χ1n) is 8.51. The van der Waals surface area contributed by atoms with Gasteiger partial charge in [0.2, 0.25) is 0 Å². The number of hydrogen-bond donors (Lipinski definition) is 1. The lowest BCUT2D eigenvalue weighted by Crippen LogP contribution is -2.30. The van der Waals surface area contributed by atoms with Crippen LogP contribution in [0, 0.1) is 25.2 Å². The van der Waals surface area contributed by atoms with Gasteiger partial charge < -0.3 is 10.2 Å². The van der Waals surface area contributed by atoms with E-state index < -0.39 is 0 Å². The molecule has 3 rings (SSSR count). The monoisotopic (exact) mass is 321 g/mol. The van der Waals surface area contributed by atoms with Crippen LogP contribution in [0.15, 0.2) is 24.3 Å². The van der Waals surface area contributed by atoms with E-state index in [1.165, 1.54) is 30.5 Å². The summed E-state index contributed by atoms with van der Waals surface area (Å²) in [4.78, 5) is 2.46. The predicted octanol–water partition coefficient (Wildman–Crippen LogP) is 3.57. The van der Waals surface area contributed by atoms with Crippen molar-refractivity contribution in [2.45, 2.75) is 39.7 Å². The number of aryl methyl sites for hydroxylation is 1. The highest BCUT2D eigenvalue weighted by molar-refractivity contribution is 5.58. The molecule has 0 atom stereocenters. The predicted molar refractivity (Wildman–Crippen MR) is 96.1 cm³/mol. The first-order valence-corrected chi connectivity index (χ1v) is 8.51. The molecule has 1 fully saturated rings. The SMILES string of the molecule is Cc1nnc(NCc2ccccc2N2CCCCC2)c(C#N)c1C. The molecule has 5 nitrogen and oxygen atoms in total. The summed E-state index contributed by atoms with van der Waals surface area (Å²) in [5.41, 5.74) is 4.77. The molecule has 1 aliphatic heterocycles. The van der Waals surface area contributed by atoms with Crippen LogP contribution in [0.4, 0.5) is 11.5 Å². The maximum atomic E-state index is 9.41. The van der Waals surface area contributed by atoms with Gasteiger partial charge in [-0.15, -0.1) is 5.10 Å². The third kappa shape index (κ3) is 3.33. The molecule has 0 amide bonds. The van der Waals surface area contributed by atoms with E-state index in [0.29, 0.717) is 17.9 Å². The van der Waals surface area contributed by atoms with Gasteiger partial charge in [0.15, 0.2) is 5.82 Å². The highest BCUT2D eigenvalue weighted by Gasteiger charge is 2.15. The highest BCUT2D eigenvalue weighted by atomic mass is 15.2. The quantitative estimate of drug-likeness (QED) is 0.932. The zero-order chi connectivity index (χ0) is 16.9. The first-order chi connectivity index (χ1) is 11.7. The van der Waals surface area contributed by atoms with E-state index in [-0.39, 0.29) is 0 Å². The van der Waals surface area contributed by atoms with Gasteiger partial charge in [0, 0.05) is 25.3 Å².